The van der Waals surface area contributed by atoms with Gasteiger partial charge in [0.25, 0.3) is 5.89 Å². The van der Waals surface area contributed by atoms with E-state index in [4.69, 9.17) is 4.52 Å². The minimum Gasteiger partial charge on any atom is -0.334 e. The highest BCUT2D eigenvalue weighted by Gasteiger charge is 2.36. The van der Waals surface area contributed by atoms with Gasteiger partial charge in [0.2, 0.25) is 0 Å². The molecule has 2 atom stereocenters. The number of rotatable bonds is 3. The topological polar surface area (TPSA) is 54.2 Å². The Bertz CT molecular complexity index is 576. The monoisotopic (exact) mass is 306 g/mol. The summed E-state index contributed by atoms with van der Waals surface area (Å²) < 4.78 is 5.35. The van der Waals surface area contributed by atoms with E-state index in [1.165, 1.54) is 0 Å². The van der Waals surface area contributed by atoms with Crippen LogP contribution < -0.4 is 5.32 Å². The molecule has 0 spiro atoms. The van der Waals surface area contributed by atoms with Crippen molar-refractivity contribution in [2.24, 2.45) is 11.8 Å². The molecule has 1 N–H and O–H groups in total. The number of likely N-dealkylation sites (tertiary alicyclic amines) is 1. The molecule has 0 radical (unpaired) electrons. The summed E-state index contributed by atoms with van der Waals surface area (Å²) in [5.74, 6) is 3.00. The van der Waals surface area contributed by atoms with Crippen LogP contribution in [-0.2, 0) is 6.54 Å². The molecule has 2 fully saturated rings. The summed E-state index contributed by atoms with van der Waals surface area (Å²) in [5, 5.41) is 7.56. The van der Waals surface area contributed by atoms with Crippen LogP contribution in [0.3, 0.4) is 0 Å². The third-order valence-corrected chi connectivity index (χ3v) is 4.32. The second kappa shape index (κ2) is 6.13. The molecule has 4 rings (SSSR count). The maximum absolute atomic E-state index is 5.35. The first kappa shape index (κ1) is 14.5. The van der Waals surface area contributed by atoms with E-state index in [-0.39, 0.29) is 12.4 Å². The molecule has 1 aromatic heterocycles. The number of benzene rings is 1. The predicted octanol–water partition coefficient (Wildman–Crippen LogP) is 1.81. The molecule has 5 nitrogen and oxygen atoms in total. The molecule has 2 aliphatic heterocycles. The fraction of sp³-hybridized carbons (Fsp3) is 0.467. The number of hydrogen-bond donors (Lipinski definition) is 1. The Balaban J connectivity index is 0.00000132. The van der Waals surface area contributed by atoms with E-state index in [0.29, 0.717) is 5.89 Å². The summed E-state index contributed by atoms with van der Waals surface area (Å²) in [7, 11) is 0. The van der Waals surface area contributed by atoms with Crippen molar-refractivity contribution in [3.8, 4) is 11.5 Å². The van der Waals surface area contributed by atoms with E-state index in [2.05, 4.69) is 20.4 Å². The van der Waals surface area contributed by atoms with Gasteiger partial charge in [0.15, 0.2) is 5.82 Å². The maximum Gasteiger partial charge on any atom is 0.257 e. The van der Waals surface area contributed by atoms with Crippen molar-refractivity contribution >= 4 is 12.4 Å². The average molecular weight is 307 g/mol. The van der Waals surface area contributed by atoms with Gasteiger partial charge in [-0.2, -0.15) is 4.98 Å². The first-order valence-electron chi connectivity index (χ1n) is 7.19. The lowest BCUT2D eigenvalue weighted by atomic mass is 10.0. The molecule has 0 bridgehead atoms. The summed E-state index contributed by atoms with van der Waals surface area (Å²) in [6.45, 7) is 5.40. The number of nitrogens with zero attached hydrogens (tertiary/aromatic N) is 3. The Hall–Kier alpha value is -1.43. The maximum atomic E-state index is 5.35. The lowest BCUT2D eigenvalue weighted by molar-refractivity contribution is 0.291. The molecular formula is C15H19ClN4O. The van der Waals surface area contributed by atoms with Crippen molar-refractivity contribution in [3.05, 3.63) is 36.2 Å². The summed E-state index contributed by atoms with van der Waals surface area (Å²) in [4.78, 5) is 6.94. The number of nitrogens with one attached hydrogen (secondary N) is 1. The Morgan fingerprint density at radius 3 is 2.57 bits per heavy atom. The number of hydrogen-bond acceptors (Lipinski definition) is 5. The Morgan fingerprint density at radius 1 is 1.14 bits per heavy atom. The minimum atomic E-state index is 0. The van der Waals surface area contributed by atoms with Gasteiger partial charge in [-0.25, -0.2) is 0 Å². The van der Waals surface area contributed by atoms with Gasteiger partial charge in [0, 0.05) is 18.7 Å². The zero-order chi connectivity index (χ0) is 13.4. The molecule has 2 saturated heterocycles. The molecule has 1 aromatic carbocycles. The third-order valence-electron chi connectivity index (χ3n) is 4.32. The molecule has 0 aliphatic carbocycles. The van der Waals surface area contributed by atoms with Gasteiger partial charge >= 0.3 is 0 Å². The van der Waals surface area contributed by atoms with E-state index in [1.807, 2.05) is 30.3 Å². The Labute approximate surface area is 130 Å². The van der Waals surface area contributed by atoms with Gasteiger partial charge < -0.3 is 9.84 Å². The molecule has 112 valence electrons. The van der Waals surface area contributed by atoms with E-state index in [0.717, 1.165) is 55.9 Å². The van der Waals surface area contributed by atoms with Crippen LogP contribution in [0.4, 0.5) is 0 Å². The summed E-state index contributed by atoms with van der Waals surface area (Å²) in [5.41, 5.74) is 0.980. The molecule has 0 saturated carbocycles. The average Bonchev–Trinajstić information content (AvgIpc) is 3.16. The highest BCUT2D eigenvalue weighted by Crippen LogP contribution is 2.27. The standard InChI is InChI=1S/C15H18N4O.ClH/c1-2-4-11(5-3-1)15-17-14(18-20-15)10-19-8-12-6-16-7-13(12)9-19;/h1-5,12-13,16H,6-10H2;1H/t12-,13+;. The predicted molar refractivity (Wildman–Crippen MR) is 82.1 cm³/mol. The van der Waals surface area contributed by atoms with Crippen molar-refractivity contribution in [3.63, 3.8) is 0 Å². The lowest BCUT2D eigenvalue weighted by Gasteiger charge is -2.13. The molecule has 0 amide bonds. The SMILES string of the molecule is Cl.c1ccc(-c2nc(CN3C[C@H]4CNC[C@H]4C3)no2)cc1. The first-order chi connectivity index (χ1) is 9.88. The zero-order valence-corrected chi connectivity index (χ0v) is 12.6. The molecule has 6 heteroatoms. The van der Waals surface area contributed by atoms with E-state index in [9.17, 15) is 0 Å². The Morgan fingerprint density at radius 2 is 1.86 bits per heavy atom. The number of aromatic nitrogens is 2. The molecule has 21 heavy (non-hydrogen) atoms. The molecular weight excluding hydrogens is 288 g/mol. The molecule has 2 aliphatic rings. The fourth-order valence-corrected chi connectivity index (χ4v) is 3.30. The number of halogens is 1. The smallest absolute Gasteiger partial charge is 0.257 e. The van der Waals surface area contributed by atoms with Crippen molar-refractivity contribution in [1.29, 1.82) is 0 Å². The number of fused-ring (bicyclic) bond motifs is 1. The van der Waals surface area contributed by atoms with Crippen LogP contribution in [0.1, 0.15) is 5.82 Å². The van der Waals surface area contributed by atoms with Crippen LogP contribution in [0.15, 0.2) is 34.9 Å². The van der Waals surface area contributed by atoms with Gasteiger partial charge in [-0.1, -0.05) is 23.4 Å². The van der Waals surface area contributed by atoms with Gasteiger partial charge in [-0.3, -0.25) is 4.90 Å². The second-order valence-electron chi connectivity index (χ2n) is 5.75. The van der Waals surface area contributed by atoms with Gasteiger partial charge in [0.05, 0.1) is 6.54 Å². The highest BCUT2D eigenvalue weighted by molar-refractivity contribution is 5.85. The van der Waals surface area contributed by atoms with E-state index >= 15 is 0 Å². The summed E-state index contributed by atoms with van der Waals surface area (Å²) in [6.07, 6.45) is 0. The van der Waals surface area contributed by atoms with Crippen LogP contribution >= 0.6 is 12.4 Å². The summed E-state index contributed by atoms with van der Waals surface area (Å²) >= 11 is 0. The highest BCUT2D eigenvalue weighted by atomic mass is 35.5. The largest absolute Gasteiger partial charge is 0.334 e. The molecule has 2 aromatic rings. The van der Waals surface area contributed by atoms with Crippen molar-refractivity contribution in [2.75, 3.05) is 26.2 Å². The van der Waals surface area contributed by atoms with Crippen LogP contribution in [0.2, 0.25) is 0 Å². The second-order valence-corrected chi connectivity index (χ2v) is 5.75. The van der Waals surface area contributed by atoms with E-state index < -0.39 is 0 Å². The van der Waals surface area contributed by atoms with Gasteiger partial charge in [-0.05, 0) is 37.1 Å². The summed E-state index contributed by atoms with van der Waals surface area (Å²) in [6, 6.07) is 9.92. The van der Waals surface area contributed by atoms with Crippen LogP contribution in [0.25, 0.3) is 11.5 Å². The quantitative estimate of drug-likeness (QED) is 0.937. The van der Waals surface area contributed by atoms with Crippen LogP contribution in [0, 0.1) is 11.8 Å². The van der Waals surface area contributed by atoms with Crippen molar-refractivity contribution in [1.82, 2.24) is 20.4 Å². The van der Waals surface area contributed by atoms with Crippen molar-refractivity contribution < 1.29 is 4.52 Å². The molecule has 3 heterocycles. The Kier molecular flexibility index (Phi) is 4.24. The van der Waals surface area contributed by atoms with Gasteiger partial charge in [-0.15, -0.1) is 12.4 Å². The minimum absolute atomic E-state index is 0. The van der Waals surface area contributed by atoms with Crippen LogP contribution in [-0.4, -0.2) is 41.2 Å². The van der Waals surface area contributed by atoms with Crippen molar-refractivity contribution in [2.45, 2.75) is 6.54 Å². The fourth-order valence-electron chi connectivity index (χ4n) is 3.30. The zero-order valence-electron chi connectivity index (χ0n) is 11.7. The third kappa shape index (κ3) is 2.95. The van der Waals surface area contributed by atoms with E-state index in [1.54, 1.807) is 0 Å². The lowest BCUT2D eigenvalue weighted by Crippen LogP contribution is -2.25. The normalized spacial score (nSPS) is 24.8. The first-order valence-corrected chi connectivity index (χ1v) is 7.19. The van der Waals surface area contributed by atoms with Crippen LogP contribution in [0.5, 0.6) is 0 Å². The van der Waals surface area contributed by atoms with Gasteiger partial charge in [0.1, 0.15) is 0 Å². The molecule has 0 unspecified atom stereocenters.